The first kappa shape index (κ1) is 18.0. The molecule has 0 spiro atoms. The number of rotatable bonds is 7. The number of likely N-dealkylation sites (N-methyl/N-ethyl adjacent to an activating group) is 1. The molecule has 0 aliphatic heterocycles. The highest BCUT2D eigenvalue weighted by Crippen LogP contribution is 2.10. The van der Waals surface area contributed by atoms with Crippen LogP contribution in [0, 0.1) is 0 Å². The molecule has 0 radical (unpaired) electrons. The fraction of sp³-hybridized carbons (Fsp3) is 0.278. The van der Waals surface area contributed by atoms with E-state index in [1.54, 1.807) is 24.3 Å². The lowest BCUT2D eigenvalue weighted by atomic mass is 10.1. The molecule has 0 unspecified atom stereocenters. The van der Waals surface area contributed by atoms with Crippen LogP contribution in [-0.2, 0) is 15.6 Å². The average Bonchev–Trinajstić information content (AvgIpc) is 2.54. The standard InChI is InChI=1S/C18H22N2O3S/c1-20(17-9-4-3-5-10-17)12-11-19-18(21)16-8-6-7-15(13-16)14-24(2,22)23/h3-10,13H,11-12,14H2,1-2H3,(H,19,21). The van der Waals surface area contributed by atoms with E-state index in [2.05, 4.69) is 10.2 Å². The van der Waals surface area contributed by atoms with E-state index in [1.165, 1.54) is 6.26 Å². The predicted octanol–water partition coefficient (Wildman–Crippen LogP) is 2.10. The van der Waals surface area contributed by atoms with Crippen molar-refractivity contribution in [1.82, 2.24) is 5.32 Å². The maximum atomic E-state index is 12.2. The third kappa shape index (κ3) is 5.70. The summed E-state index contributed by atoms with van der Waals surface area (Å²) in [5.74, 6) is -0.267. The molecular formula is C18H22N2O3S. The van der Waals surface area contributed by atoms with Gasteiger partial charge in [-0.1, -0.05) is 30.3 Å². The van der Waals surface area contributed by atoms with Crippen molar-refractivity contribution in [3.05, 3.63) is 65.7 Å². The Morgan fingerprint density at radius 1 is 1.08 bits per heavy atom. The lowest BCUT2D eigenvalue weighted by Gasteiger charge is -2.19. The van der Waals surface area contributed by atoms with Gasteiger partial charge in [0.2, 0.25) is 0 Å². The normalized spacial score (nSPS) is 11.1. The minimum absolute atomic E-state index is 0.0646. The zero-order chi connectivity index (χ0) is 17.6. The molecule has 6 heteroatoms. The van der Waals surface area contributed by atoms with Crippen LogP contribution in [0.15, 0.2) is 54.6 Å². The number of nitrogens with one attached hydrogen (secondary N) is 1. The lowest BCUT2D eigenvalue weighted by molar-refractivity contribution is 0.0954. The second kappa shape index (κ2) is 7.97. The molecule has 0 bridgehead atoms. The van der Waals surface area contributed by atoms with Crippen molar-refractivity contribution in [3.63, 3.8) is 0 Å². The largest absolute Gasteiger partial charge is 0.373 e. The van der Waals surface area contributed by atoms with Crippen molar-refractivity contribution in [2.75, 3.05) is 31.3 Å². The molecule has 5 nitrogen and oxygen atoms in total. The molecule has 2 rings (SSSR count). The van der Waals surface area contributed by atoms with Crippen LogP contribution in [0.4, 0.5) is 5.69 Å². The van der Waals surface area contributed by atoms with Crippen LogP contribution in [0.2, 0.25) is 0 Å². The summed E-state index contributed by atoms with van der Waals surface area (Å²) in [6.45, 7) is 1.18. The number of para-hydroxylation sites is 1. The summed E-state index contributed by atoms with van der Waals surface area (Å²) in [5.41, 5.74) is 2.17. The first-order valence-electron chi connectivity index (χ1n) is 7.66. The fourth-order valence-electron chi connectivity index (χ4n) is 2.36. The molecule has 0 atom stereocenters. The number of hydrogen-bond donors (Lipinski definition) is 1. The molecular weight excluding hydrogens is 324 g/mol. The highest BCUT2D eigenvalue weighted by atomic mass is 32.2. The smallest absolute Gasteiger partial charge is 0.251 e. The van der Waals surface area contributed by atoms with Crippen molar-refractivity contribution >= 4 is 21.4 Å². The minimum Gasteiger partial charge on any atom is -0.373 e. The summed E-state index contributed by atoms with van der Waals surface area (Å²) in [4.78, 5) is 14.3. The summed E-state index contributed by atoms with van der Waals surface area (Å²) >= 11 is 0. The second-order valence-electron chi connectivity index (χ2n) is 5.78. The van der Waals surface area contributed by atoms with Crippen molar-refractivity contribution in [2.24, 2.45) is 0 Å². The molecule has 1 amide bonds. The molecule has 0 fully saturated rings. The molecule has 0 saturated heterocycles. The monoisotopic (exact) mass is 346 g/mol. The van der Waals surface area contributed by atoms with Gasteiger partial charge in [-0.15, -0.1) is 0 Å². The molecule has 0 aliphatic rings. The van der Waals surface area contributed by atoms with E-state index in [0.717, 1.165) is 5.69 Å². The average molecular weight is 346 g/mol. The minimum atomic E-state index is -3.12. The third-order valence-electron chi connectivity index (χ3n) is 3.55. The number of amides is 1. The van der Waals surface area contributed by atoms with E-state index in [0.29, 0.717) is 24.2 Å². The lowest BCUT2D eigenvalue weighted by Crippen LogP contribution is -2.33. The first-order chi connectivity index (χ1) is 11.3. The second-order valence-corrected chi connectivity index (χ2v) is 7.92. The fourth-order valence-corrected chi connectivity index (χ4v) is 3.14. The van der Waals surface area contributed by atoms with E-state index in [9.17, 15) is 13.2 Å². The maximum absolute atomic E-state index is 12.2. The van der Waals surface area contributed by atoms with Gasteiger partial charge in [-0.05, 0) is 29.8 Å². The topological polar surface area (TPSA) is 66.5 Å². The van der Waals surface area contributed by atoms with Gasteiger partial charge in [0, 0.05) is 37.6 Å². The zero-order valence-corrected chi connectivity index (χ0v) is 14.7. The molecule has 0 saturated carbocycles. The summed E-state index contributed by atoms with van der Waals surface area (Å²) in [6, 6.07) is 16.6. The molecule has 1 N–H and O–H groups in total. The van der Waals surface area contributed by atoms with Crippen LogP contribution in [-0.4, -0.2) is 40.7 Å². The molecule has 0 heterocycles. The van der Waals surface area contributed by atoms with Crippen LogP contribution < -0.4 is 10.2 Å². The van der Waals surface area contributed by atoms with Gasteiger partial charge in [0.15, 0.2) is 9.84 Å². The Balaban J connectivity index is 1.90. The Hall–Kier alpha value is -2.34. The quantitative estimate of drug-likeness (QED) is 0.834. The zero-order valence-electron chi connectivity index (χ0n) is 13.9. The highest BCUT2D eigenvalue weighted by molar-refractivity contribution is 7.89. The van der Waals surface area contributed by atoms with E-state index < -0.39 is 9.84 Å². The van der Waals surface area contributed by atoms with Crippen molar-refractivity contribution < 1.29 is 13.2 Å². The van der Waals surface area contributed by atoms with Crippen LogP contribution in [0.1, 0.15) is 15.9 Å². The van der Waals surface area contributed by atoms with Gasteiger partial charge in [0.1, 0.15) is 0 Å². The number of benzene rings is 2. The van der Waals surface area contributed by atoms with Crippen molar-refractivity contribution in [3.8, 4) is 0 Å². The maximum Gasteiger partial charge on any atom is 0.251 e. The predicted molar refractivity (Wildman–Crippen MR) is 97.0 cm³/mol. The summed E-state index contributed by atoms with van der Waals surface area (Å²) in [6.07, 6.45) is 1.18. The van der Waals surface area contributed by atoms with Gasteiger partial charge in [-0.3, -0.25) is 4.79 Å². The van der Waals surface area contributed by atoms with Crippen LogP contribution >= 0.6 is 0 Å². The number of anilines is 1. The number of hydrogen-bond acceptors (Lipinski definition) is 4. The van der Waals surface area contributed by atoms with Crippen LogP contribution in [0.25, 0.3) is 0 Å². The third-order valence-corrected chi connectivity index (χ3v) is 4.41. The molecule has 0 aromatic heterocycles. The number of carbonyl (C=O) groups excluding carboxylic acids is 1. The number of nitrogens with zero attached hydrogens (tertiary/aromatic N) is 1. The van der Waals surface area contributed by atoms with Crippen molar-refractivity contribution in [1.29, 1.82) is 0 Å². The Morgan fingerprint density at radius 3 is 2.46 bits per heavy atom. The summed E-state index contributed by atoms with van der Waals surface area (Å²) in [7, 11) is -1.15. The van der Waals surface area contributed by atoms with E-state index in [-0.39, 0.29) is 11.7 Å². The van der Waals surface area contributed by atoms with Crippen molar-refractivity contribution in [2.45, 2.75) is 5.75 Å². The first-order valence-corrected chi connectivity index (χ1v) is 9.72. The molecule has 2 aromatic rings. The van der Waals surface area contributed by atoms with Gasteiger partial charge in [0.05, 0.1) is 5.75 Å². The SMILES string of the molecule is CN(CCNC(=O)c1cccc(CS(C)(=O)=O)c1)c1ccccc1. The molecule has 2 aromatic carbocycles. The molecule has 0 aliphatic carbocycles. The highest BCUT2D eigenvalue weighted by Gasteiger charge is 2.09. The van der Waals surface area contributed by atoms with E-state index >= 15 is 0 Å². The van der Waals surface area contributed by atoms with Crippen LogP contribution in [0.5, 0.6) is 0 Å². The Labute approximate surface area is 143 Å². The number of sulfone groups is 1. The van der Waals surface area contributed by atoms with E-state index in [4.69, 9.17) is 0 Å². The van der Waals surface area contributed by atoms with Gasteiger partial charge in [-0.25, -0.2) is 8.42 Å². The van der Waals surface area contributed by atoms with Gasteiger partial charge < -0.3 is 10.2 Å². The molecule has 24 heavy (non-hydrogen) atoms. The van der Waals surface area contributed by atoms with Gasteiger partial charge in [0.25, 0.3) is 5.91 Å². The van der Waals surface area contributed by atoms with Gasteiger partial charge >= 0.3 is 0 Å². The van der Waals surface area contributed by atoms with Gasteiger partial charge in [-0.2, -0.15) is 0 Å². The Kier molecular flexibility index (Phi) is 5.98. The molecule has 128 valence electrons. The van der Waals surface area contributed by atoms with Crippen LogP contribution in [0.3, 0.4) is 0 Å². The summed E-state index contributed by atoms with van der Waals surface area (Å²) in [5, 5.41) is 2.86. The Bertz CT molecular complexity index is 789. The summed E-state index contributed by atoms with van der Waals surface area (Å²) < 4.78 is 22.7. The Morgan fingerprint density at radius 2 is 1.79 bits per heavy atom. The van der Waals surface area contributed by atoms with E-state index in [1.807, 2.05) is 37.4 Å². The number of carbonyl (C=O) groups is 1.